The van der Waals surface area contributed by atoms with Crippen LogP contribution < -0.4 is 19.7 Å². The Morgan fingerprint density at radius 1 is 1.03 bits per heavy atom. The number of para-hydroxylation sites is 2. The van der Waals surface area contributed by atoms with Crippen LogP contribution >= 0.6 is 0 Å². The highest BCUT2D eigenvalue weighted by Gasteiger charge is 2.25. The van der Waals surface area contributed by atoms with Crippen molar-refractivity contribution in [2.24, 2.45) is 0 Å². The summed E-state index contributed by atoms with van der Waals surface area (Å²) < 4.78 is 11.3. The number of carbonyl (C=O) groups excluding carboxylic acids is 2. The second-order valence-electron chi connectivity index (χ2n) is 8.83. The van der Waals surface area contributed by atoms with E-state index in [9.17, 15) is 9.59 Å². The molecular weight excluding hydrogens is 454 g/mol. The summed E-state index contributed by atoms with van der Waals surface area (Å²) in [5.74, 6) is 0.971. The molecule has 2 amide bonds. The van der Waals surface area contributed by atoms with Crippen LogP contribution in [0.1, 0.15) is 40.2 Å². The summed E-state index contributed by atoms with van der Waals surface area (Å²) in [6, 6.07) is 21.1. The van der Waals surface area contributed by atoms with Gasteiger partial charge in [-0.3, -0.25) is 9.59 Å². The number of amides is 2. The standard InChI is InChI=1S/C29H29N3O4/c1-35-26-13-6-11-22(28(26)36-2)24(23-17-30-25-12-4-3-10-21(23)25)18-31-29(34)19-8-5-9-20(16-19)32-15-7-14-27(32)33/h3-6,8-13,16-17,24,30H,7,14-15,18H2,1-2H3,(H,31,34). The fraction of sp³-hybridized carbons (Fsp3) is 0.241. The van der Waals surface area contributed by atoms with Crippen molar-refractivity contribution in [2.75, 3.05) is 32.2 Å². The Labute approximate surface area is 210 Å². The molecular formula is C29H29N3O4. The van der Waals surface area contributed by atoms with Crippen LogP contribution in [0.2, 0.25) is 0 Å². The number of nitrogens with one attached hydrogen (secondary N) is 2. The molecule has 1 atom stereocenters. The van der Waals surface area contributed by atoms with E-state index in [0.29, 0.717) is 36.6 Å². The lowest BCUT2D eigenvalue weighted by Crippen LogP contribution is -2.29. The van der Waals surface area contributed by atoms with Gasteiger partial charge in [0.15, 0.2) is 11.5 Å². The summed E-state index contributed by atoms with van der Waals surface area (Å²) in [5.41, 5.74) is 4.26. The van der Waals surface area contributed by atoms with Crippen molar-refractivity contribution < 1.29 is 19.1 Å². The van der Waals surface area contributed by atoms with E-state index in [1.54, 1.807) is 31.3 Å². The average molecular weight is 484 g/mol. The van der Waals surface area contributed by atoms with Crippen LogP contribution in [0.25, 0.3) is 10.9 Å². The SMILES string of the molecule is COc1cccc(C(CNC(=O)c2cccc(N3CCCC3=O)c2)c2c[nH]c3ccccc23)c1OC. The first-order valence-electron chi connectivity index (χ1n) is 12.1. The molecule has 184 valence electrons. The molecule has 5 rings (SSSR count). The van der Waals surface area contributed by atoms with Crippen molar-refractivity contribution in [3.05, 3.63) is 89.6 Å². The van der Waals surface area contributed by atoms with Gasteiger partial charge in [0, 0.05) is 59.3 Å². The number of aromatic nitrogens is 1. The summed E-state index contributed by atoms with van der Waals surface area (Å²) in [6.07, 6.45) is 3.37. The fourth-order valence-corrected chi connectivity index (χ4v) is 4.99. The molecule has 0 saturated carbocycles. The number of hydrogen-bond donors (Lipinski definition) is 2. The van der Waals surface area contributed by atoms with Crippen LogP contribution in [0.3, 0.4) is 0 Å². The molecule has 2 N–H and O–H groups in total. The van der Waals surface area contributed by atoms with E-state index in [0.717, 1.165) is 34.1 Å². The van der Waals surface area contributed by atoms with Gasteiger partial charge in [-0.1, -0.05) is 36.4 Å². The van der Waals surface area contributed by atoms with E-state index in [-0.39, 0.29) is 17.7 Å². The normalized spacial score (nSPS) is 14.2. The van der Waals surface area contributed by atoms with E-state index in [4.69, 9.17) is 9.47 Å². The van der Waals surface area contributed by atoms with Gasteiger partial charge in [-0.15, -0.1) is 0 Å². The van der Waals surface area contributed by atoms with Crippen LogP contribution in [0.15, 0.2) is 72.9 Å². The molecule has 36 heavy (non-hydrogen) atoms. The Morgan fingerprint density at radius 3 is 2.64 bits per heavy atom. The molecule has 1 aliphatic rings. The molecule has 0 spiro atoms. The number of H-pyrrole nitrogens is 1. The highest BCUT2D eigenvalue weighted by Crippen LogP contribution is 2.40. The number of hydrogen-bond acceptors (Lipinski definition) is 4. The van der Waals surface area contributed by atoms with E-state index in [1.807, 2.05) is 54.7 Å². The number of methoxy groups -OCH3 is 2. The number of aromatic amines is 1. The van der Waals surface area contributed by atoms with Gasteiger partial charge in [0.05, 0.1) is 14.2 Å². The van der Waals surface area contributed by atoms with E-state index in [1.165, 1.54) is 0 Å². The van der Waals surface area contributed by atoms with Crippen molar-refractivity contribution in [1.82, 2.24) is 10.3 Å². The van der Waals surface area contributed by atoms with E-state index in [2.05, 4.69) is 16.4 Å². The van der Waals surface area contributed by atoms with Crippen molar-refractivity contribution in [1.29, 1.82) is 0 Å². The van der Waals surface area contributed by atoms with Gasteiger partial charge in [0.25, 0.3) is 5.91 Å². The predicted molar refractivity (Wildman–Crippen MR) is 140 cm³/mol. The third kappa shape index (κ3) is 4.40. The van der Waals surface area contributed by atoms with Crippen molar-refractivity contribution in [3.8, 4) is 11.5 Å². The number of carbonyl (C=O) groups is 2. The molecule has 7 nitrogen and oxygen atoms in total. The topological polar surface area (TPSA) is 83.7 Å². The number of rotatable bonds is 8. The third-order valence-corrected chi connectivity index (χ3v) is 6.77. The minimum Gasteiger partial charge on any atom is -0.493 e. The fourth-order valence-electron chi connectivity index (χ4n) is 4.99. The zero-order chi connectivity index (χ0) is 25.1. The second kappa shape index (κ2) is 10.2. The van der Waals surface area contributed by atoms with Gasteiger partial charge >= 0.3 is 0 Å². The van der Waals surface area contributed by atoms with Crippen LogP contribution in [0.4, 0.5) is 5.69 Å². The van der Waals surface area contributed by atoms with Gasteiger partial charge in [-0.05, 0) is 42.3 Å². The smallest absolute Gasteiger partial charge is 0.251 e. The lowest BCUT2D eigenvalue weighted by molar-refractivity contribution is -0.117. The zero-order valence-corrected chi connectivity index (χ0v) is 20.4. The molecule has 1 unspecified atom stereocenters. The lowest BCUT2D eigenvalue weighted by Gasteiger charge is -2.22. The van der Waals surface area contributed by atoms with Crippen molar-refractivity contribution in [3.63, 3.8) is 0 Å². The Hall–Kier alpha value is -4.26. The largest absolute Gasteiger partial charge is 0.493 e. The average Bonchev–Trinajstić information content (AvgIpc) is 3.55. The first-order valence-corrected chi connectivity index (χ1v) is 12.1. The maximum absolute atomic E-state index is 13.3. The minimum atomic E-state index is -0.199. The van der Waals surface area contributed by atoms with Gasteiger partial charge in [0.2, 0.25) is 5.91 Å². The molecule has 1 aromatic heterocycles. The minimum absolute atomic E-state index is 0.0945. The monoisotopic (exact) mass is 483 g/mol. The number of benzene rings is 3. The predicted octanol–water partition coefficient (Wildman–Crippen LogP) is 4.87. The van der Waals surface area contributed by atoms with Gasteiger partial charge < -0.3 is 24.7 Å². The lowest BCUT2D eigenvalue weighted by atomic mass is 9.89. The van der Waals surface area contributed by atoms with Crippen LogP contribution in [0, 0.1) is 0 Å². The van der Waals surface area contributed by atoms with Crippen molar-refractivity contribution in [2.45, 2.75) is 18.8 Å². The molecule has 3 aromatic carbocycles. The molecule has 1 saturated heterocycles. The Morgan fingerprint density at radius 2 is 1.86 bits per heavy atom. The van der Waals surface area contributed by atoms with Gasteiger partial charge in [0.1, 0.15) is 0 Å². The molecule has 2 heterocycles. The quantitative estimate of drug-likeness (QED) is 0.374. The number of nitrogens with zero attached hydrogens (tertiary/aromatic N) is 1. The number of fused-ring (bicyclic) bond motifs is 1. The second-order valence-corrected chi connectivity index (χ2v) is 8.83. The molecule has 1 aliphatic heterocycles. The number of ether oxygens (including phenoxy) is 2. The zero-order valence-electron chi connectivity index (χ0n) is 20.4. The maximum Gasteiger partial charge on any atom is 0.251 e. The van der Waals surface area contributed by atoms with Crippen LogP contribution in [-0.2, 0) is 4.79 Å². The number of anilines is 1. The van der Waals surface area contributed by atoms with E-state index < -0.39 is 0 Å². The first kappa shape index (κ1) is 23.5. The summed E-state index contributed by atoms with van der Waals surface area (Å²) >= 11 is 0. The van der Waals surface area contributed by atoms with Gasteiger partial charge in [-0.25, -0.2) is 0 Å². The molecule has 7 heteroatoms. The van der Waals surface area contributed by atoms with Gasteiger partial charge in [-0.2, -0.15) is 0 Å². The Bertz CT molecular complexity index is 1410. The summed E-state index contributed by atoms with van der Waals surface area (Å²) in [7, 11) is 3.24. The summed E-state index contributed by atoms with van der Waals surface area (Å²) in [5, 5.41) is 4.20. The molecule has 0 radical (unpaired) electrons. The molecule has 0 bridgehead atoms. The Balaban J connectivity index is 1.47. The highest BCUT2D eigenvalue weighted by molar-refractivity contribution is 5.99. The molecule has 4 aromatic rings. The maximum atomic E-state index is 13.3. The molecule has 1 fully saturated rings. The molecule has 0 aliphatic carbocycles. The van der Waals surface area contributed by atoms with Crippen molar-refractivity contribution >= 4 is 28.4 Å². The Kier molecular flexibility index (Phi) is 6.62. The van der Waals surface area contributed by atoms with E-state index >= 15 is 0 Å². The van der Waals surface area contributed by atoms with Crippen LogP contribution in [-0.4, -0.2) is 44.1 Å². The highest BCUT2D eigenvalue weighted by atomic mass is 16.5. The first-order chi connectivity index (χ1) is 17.6. The van der Waals surface area contributed by atoms with Crippen LogP contribution in [0.5, 0.6) is 11.5 Å². The summed E-state index contributed by atoms with van der Waals surface area (Å²) in [6.45, 7) is 1.03. The third-order valence-electron chi connectivity index (χ3n) is 6.77. The summed E-state index contributed by atoms with van der Waals surface area (Å²) in [4.78, 5) is 30.5.